The lowest BCUT2D eigenvalue weighted by atomic mass is 9.98. The molecule has 0 aliphatic rings. The van der Waals surface area contributed by atoms with E-state index in [0.29, 0.717) is 5.56 Å². The Kier molecular flexibility index (Phi) is 4.02. The maximum Gasteiger partial charge on any atom is 0.105 e. The maximum absolute atomic E-state index is 9.19. The predicted molar refractivity (Wildman–Crippen MR) is 87.4 cm³/mol. The van der Waals surface area contributed by atoms with E-state index in [1.165, 1.54) is 5.56 Å². The highest BCUT2D eigenvalue weighted by atomic mass is 14.9. The van der Waals surface area contributed by atoms with Crippen molar-refractivity contribution >= 4 is 0 Å². The fraction of sp³-hybridized carbons (Fsp3) is 0.158. The van der Waals surface area contributed by atoms with Crippen LogP contribution in [0.3, 0.4) is 0 Å². The Balaban J connectivity index is 1.82. The highest BCUT2D eigenvalue weighted by molar-refractivity contribution is 5.70. The normalized spacial score (nSPS) is 10.4. The summed E-state index contributed by atoms with van der Waals surface area (Å²) in [6.45, 7) is 2.09. The lowest BCUT2D eigenvalue weighted by Crippen LogP contribution is -1.90. The van der Waals surface area contributed by atoms with Crippen molar-refractivity contribution in [3.8, 4) is 17.2 Å². The fourth-order valence-corrected chi connectivity index (χ4v) is 2.53. The average molecular weight is 287 g/mol. The number of imidazole rings is 1. The molecule has 0 saturated heterocycles. The van der Waals surface area contributed by atoms with Gasteiger partial charge in [0, 0.05) is 24.7 Å². The van der Waals surface area contributed by atoms with Crippen molar-refractivity contribution in [2.75, 3.05) is 0 Å². The van der Waals surface area contributed by atoms with Crippen LogP contribution in [0.15, 0.2) is 54.7 Å². The van der Waals surface area contributed by atoms with Crippen LogP contribution in [0.1, 0.15) is 29.6 Å². The molecule has 3 nitrogen and oxygen atoms in total. The molecule has 3 heteroatoms. The van der Waals surface area contributed by atoms with Crippen molar-refractivity contribution in [2.24, 2.45) is 0 Å². The summed E-state index contributed by atoms with van der Waals surface area (Å²) < 4.78 is 0. The van der Waals surface area contributed by atoms with Gasteiger partial charge < -0.3 is 4.98 Å². The topological polar surface area (TPSA) is 52.5 Å². The third-order valence-electron chi connectivity index (χ3n) is 3.72. The van der Waals surface area contributed by atoms with Gasteiger partial charge in [-0.15, -0.1) is 0 Å². The number of aromatic amines is 1. The molecule has 0 radical (unpaired) electrons. The van der Waals surface area contributed by atoms with Crippen molar-refractivity contribution in [1.29, 1.82) is 5.26 Å². The van der Waals surface area contributed by atoms with E-state index in [1.807, 2.05) is 30.5 Å². The highest BCUT2D eigenvalue weighted by Gasteiger charge is 2.05. The molecule has 108 valence electrons. The van der Waals surface area contributed by atoms with E-state index >= 15 is 0 Å². The first kappa shape index (κ1) is 14.1. The van der Waals surface area contributed by atoms with Crippen molar-refractivity contribution in [1.82, 2.24) is 9.97 Å². The van der Waals surface area contributed by atoms with E-state index in [9.17, 15) is 5.26 Å². The number of nitriles is 1. The van der Waals surface area contributed by atoms with Crippen molar-refractivity contribution in [2.45, 2.75) is 19.8 Å². The van der Waals surface area contributed by atoms with Crippen LogP contribution in [-0.2, 0) is 12.8 Å². The van der Waals surface area contributed by atoms with Crippen LogP contribution < -0.4 is 0 Å². The summed E-state index contributed by atoms with van der Waals surface area (Å²) in [4.78, 5) is 7.65. The molecule has 0 bridgehead atoms. The van der Waals surface area contributed by atoms with Crippen molar-refractivity contribution in [3.05, 3.63) is 77.4 Å². The monoisotopic (exact) mass is 287 g/mol. The van der Waals surface area contributed by atoms with Gasteiger partial charge in [0.15, 0.2) is 0 Å². The maximum atomic E-state index is 9.19. The lowest BCUT2D eigenvalue weighted by molar-refractivity contribution is 0.970. The van der Waals surface area contributed by atoms with Crippen LogP contribution in [0, 0.1) is 11.3 Å². The van der Waals surface area contributed by atoms with E-state index < -0.39 is 0 Å². The minimum absolute atomic E-state index is 0.705. The molecule has 0 atom stereocenters. The summed E-state index contributed by atoms with van der Waals surface area (Å²) in [6, 6.07) is 18.3. The number of benzene rings is 2. The number of nitrogens with zero attached hydrogens (tertiary/aromatic N) is 2. The van der Waals surface area contributed by atoms with E-state index in [4.69, 9.17) is 0 Å². The summed E-state index contributed by atoms with van der Waals surface area (Å²) in [6.07, 6.45) is 3.66. The molecular formula is C19H17N3. The minimum Gasteiger partial charge on any atom is -0.346 e. The molecule has 0 saturated carbocycles. The molecule has 0 unspecified atom stereocenters. The van der Waals surface area contributed by atoms with Crippen molar-refractivity contribution in [3.63, 3.8) is 0 Å². The standard InChI is InChI=1S/C19H17N3/c1-2-19-21-13-17(22-19)11-14-7-9-15(10-8-14)18-6-4-3-5-16(18)12-20/h3-10,13H,2,11H2,1H3,(H,21,22). The second-order valence-electron chi connectivity index (χ2n) is 5.24. The van der Waals surface area contributed by atoms with Crippen LogP contribution >= 0.6 is 0 Å². The van der Waals surface area contributed by atoms with Gasteiger partial charge in [0.25, 0.3) is 0 Å². The van der Waals surface area contributed by atoms with Gasteiger partial charge in [-0.1, -0.05) is 49.4 Å². The van der Waals surface area contributed by atoms with Gasteiger partial charge in [0.2, 0.25) is 0 Å². The van der Waals surface area contributed by atoms with Crippen molar-refractivity contribution < 1.29 is 0 Å². The number of hydrogen-bond acceptors (Lipinski definition) is 2. The van der Waals surface area contributed by atoms with E-state index in [0.717, 1.165) is 35.5 Å². The quantitative estimate of drug-likeness (QED) is 0.785. The first-order valence-electron chi connectivity index (χ1n) is 7.41. The Labute approximate surface area is 130 Å². The Morgan fingerprint density at radius 2 is 1.86 bits per heavy atom. The number of nitrogens with one attached hydrogen (secondary N) is 1. The molecular weight excluding hydrogens is 270 g/mol. The minimum atomic E-state index is 0.705. The highest BCUT2D eigenvalue weighted by Crippen LogP contribution is 2.24. The molecule has 1 N–H and O–H groups in total. The molecule has 2 aromatic carbocycles. The van der Waals surface area contributed by atoms with Crippen LogP contribution in [-0.4, -0.2) is 9.97 Å². The molecule has 0 aliphatic carbocycles. The smallest absolute Gasteiger partial charge is 0.105 e. The fourth-order valence-electron chi connectivity index (χ4n) is 2.53. The van der Waals surface area contributed by atoms with Crippen LogP contribution in [0.4, 0.5) is 0 Å². The summed E-state index contributed by atoms with van der Waals surface area (Å²) in [5.41, 5.74) is 5.11. The summed E-state index contributed by atoms with van der Waals surface area (Å²) in [5, 5.41) is 9.19. The third-order valence-corrected chi connectivity index (χ3v) is 3.72. The number of rotatable bonds is 4. The predicted octanol–water partition coefficient (Wildman–Crippen LogP) is 4.10. The molecule has 3 aromatic rings. The number of hydrogen-bond donors (Lipinski definition) is 1. The average Bonchev–Trinajstić information content (AvgIpc) is 3.03. The van der Waals surface area contributed by atoms with E-state index in [2.05, 4.69) is 47.2 Å². The van der Waals surface area contributed by atoms with Gasteiger partial charge in [0.1, 0.15) is 5.82 Å². The Bertz CT molecular complexity index is 807. The zero-order valence-electron chi connectivity index (χ0n) is 12.5. The SMILES string of the molecule is CCc1ncc(Cc2ccc(-c3ccccc3C#N)cc2)[nH]1. The second kappa shape index (κ2) is 6.28. The number of H-pyrrole nitrogens is 1. The van der Waals surface area contributed by atoms with Gasteiger partial charge >= 0.3 is 0 Å². The second-order valence-corrected chi connectivity index (χ2v) is 5.24. The Morgan fingerprint density at radius 3 is 2.55 bits per heavy atom. The number of aryl methyl sites for hydroxylation is 1. The number of aromatic nitrogens is 2. The molecule has 1 aromatic heterocycles. The molecule has 0 amide bonds. The molecule has 3 rings (SSSR count). The molecule has 0 spiro atoms. The first-order valence-corrected chi connectivity index (χ1v) is 7.41. The van der Waals surface area contributed by atoms with Gasteiger partial charge in [0.05, 0.1) is 11.6 Å². The lowest BCUT2D eigenvalue weighted by Gasteiger charge is -2.05. The van der Waals surface area contributed by atoms with Gasteiger partial charge in [-0.05, 0) is 22.8 Å². The zero-order valence-corrected chi connectivity index (χ0v) is 12.5. The van der Waals surface area contributed by atoms with E-state index in [-0.39, 0.29) is 0 Å². The molecule has 0 aliphatic heterocycles. The largest absolute Gasteiger partial charge is 0.346 e. The van der Waals surface area contributed by atoms with Gasteiger partial charge in [-0.25, -0.2) is 4.98 Å². The van der Waals surface area contributed by atoms with E-state index in [1.54, 1.807) is 0 Å². The Hall–Kier alpha value is -2.86. The first-order chi connectivity index (χ1) is 10.8. The molecule has 1 heterocycles. The van der Waals surface area contributed by atoms with Gasteiger partial charge in [-0.2, -0.15) is 5.26 Å². The summed E-state index contributed by atoms with van der Waals surface area (Å²) >= 11 is 0. The zero-order chi connectivity index (χ0) is 15.4. The summed E-state index contributed by atoms with van der Waals surface area (Å²) in [7, 11) is 0. The van der Waals surface area contributed by atoms with Gasteiger partial charge in [-0.3, -0.25) is 0 Å². The molecule has 0 fully saturated rings. The third kappa shape index (κ3) is 2.91. The van der Waals surface area contributed by atoms with Crippen LogP contribution in [0.5, 0.6) is 0 Å². The summed E-state index contributed by atoms with van der Waals surface area (Å²) in [5.74, 6) is 1.02. The molecule has 22 heavy (non-hydrogen) atoms. The van der Waals surface area contributed by atoms with Crippen LogP contribution in [0.2, 0.25) is 0 Å². The van der Waals surface area contributed by atoms with Crippen LogP contribution in [0.25, 0.3) is 11.1 Å². The Morgan fingerprint density at radius 1 is 1.09 bits per heavy atom.